The van der Waals surface area contributed by atoms with Crippen molar-refractivity contribution in [2.45, 2.75) is 31.7 Å². The maximum absolute atomic E-state index is 12.6. The standard InChI is InChI=1S/C23H23N3O2/c27-23(17-14-20(16-24-15-17)25-18-6-4-5-7-18)26-19-10-12-22(13-11-19)28-21-8-2-1-3-9-21/h1-3,8-16,18,25H,4-7H2,(H,26,27). The molecule has 1 aromatic heterocycles. The fraction of sp³-hybridized carbons (Fsp3) is 0.217. The Bertz CT molecular complexity index is 920. The minimum atomic E-state index is -0.181. The summed E-state index contributed by atoms with van der Waals surface area (Å²) in [4.78, 5) is 16.8. The largest absolute Gasteiger partial charge is 0.457 e. The number of aromatic nitrogens is 1. The van der Waals surface area contributed by atoms with Gasteiger partial charge >= 0.3 is 0 Å². The van der Waals surface area contributed by atoms with Gasteiger partial charge in [-0.15, -0.1) is 0 Å². The van der Waals surface area contributed by atoms with Crippen LogP contribution in [0, 0.1) is 0 Å². The summed E-state index contributed by atoms with van der Waals surface area (Å²) in [6, 6.07) is 19.2. The minimum absolute atomic E-state index is 0.181. The lowest BCUT2D eigenvalue weighted by Crippen LogP contribution is -2.16. The van der Waals surface area contributed by atoms with Crippen LogP contribution >= 0.6 is 0 Å². The minimum Gasteiger partial charge on any atom is -0.457 e. The van der Waals surface area contributed by atoms with Crippen LogP contribution in [0.2, 0.25) is 0 Å². The van der Waals surface area contributed by atoms with E-state index in [0.717, 1.165) is 11.4 Å². The number of hydrogen-bond acceptors (Lipinski definition) is 4. The molecule has 1 aliphatic carbocycles. The molecule has 1 saturated carbocycles. The van der Waals surface area contributed by atoms with E-state index in [1.807, 2.05) is 60.7 Å². The van der Waals surface area contributed by atoms with Crippen LogP contribution in [0.15, 0.2) is 73.1 Å². The van der Waals surface area contributed by atoms with Gasteiger partial charge in [-0.25, -0.2) is 0 Å². The predicted octanol–water partition coefficient (Wildman–Crippen LogP) is 5.48. The van der Waals surface area contributed by atoms with Crippen molar-refractivity contribution >= 4 is 17.3 Å². The Balaban J connectivity index is 1.38. The van der Waals surface area contributed by atoms with Crippen LogP contribution in [0.5, 0.6) is 11.5 Å². The van der Waals surface area contributed by atoms with Gasteiger partial charge < -0.3 is 15.4 Å². The quantitative estimate of drug-likeness (QED) is 0.600. The number of hydrogen-bond donors (Lipinski definition) is 2. The molecule has 0 aliphatic heterocycles. The molecule has 4 rings (SSSR count). The lowest BCUT2D eigenvalue weighted by molar-refractivity contribution is 0.102. The Morgan fingerprint density at radius 2 is 1.61 bits per heavy atom. The topological polar surface area (TPSA) is 63.2 Å². The molecule has 0 atom stereocenters. The second-order valence-electron chi connectivity index (χ2n) is 6.98. The number of pyridine rings is 1. The first kappa shape index (κ1) is 18.0. The fourth-order valence-corrected chi connectivity index (χ4v) is 3.38. The van der Waals surface area contributed by atoms with Crippen molar-refractivity contribution in [2.75, 3.05) is 10.6 Å². The summed E-state index contributed by atoms with van der Waals surface area (Å²) in [5, 5.41) is 6.38. The number of nitrogens with zero attached hydrogens (tertiary/aromatic N) is 1. The lowest BCUT2D eigenvalue weighted by atomic mass is 10.2. The smallest absolute Gasteiger partial charge is 0.257 e. The van der Waals surface area contributed by atoms with Gasteiger partial charge in [0.1, 0.15) is 11.5 Å². The van der Waals surface area contributed by atoms with Gasteiger partial charge in [0, 0.05) is 24.1 Å². The molecule has 0 radical (unpaired) electrons. The van der Waals surface area contributed by atoms with E-state index in [0.29, 0.717) is 23.0 Å². The van der Waals surface area contributed by atoms with E-state index in [1.54, 1.807) is 12.4 Å². The van der Waals surface area contributed by atoms with Crippen molar-refractivity contribution in [1.29, 1.82) is 0 Å². The molecular formula is C23H23N3O2. The number of rotatable bonds is 6. The normalized spacial score (nSPS) is 13.9. The molecule has 1 fully saturated rings. The second kappa shape index (κ2) is 8.57. The van der Waals surface area contributed by atoms with E-state index in [9.17, 15) is 4.79 Å². The molecule has 1 aliphatic rings. The highest BCUT2D eigenvalue weighted by molar-refractivity contribution is 6.04. The number of nitrogens with one attached hydrogen (secondary N) is 2. The summed E-state index contributed by atoms with van der Waals surface area (Å²) in [6.07, 6.45) is 8.22. The molecular weight excluding hydrogens is 350 g/mol. The number of benzene rings is 2. The Morgan fingerprint density at radius 1 is 0.893 bits per heavy atom. The maximum atomic E-state index is 12.6. The van der Waals surface area contributed by atoms with Crippen molar-refractivity contribution in [2.24, 2.45) is 0 Å². The summed E-state index contributed by atoms with van der Waals surface area (Å²) in [7, 11) is 0. The summed E-state index contributed by atoms with van der Waals surface area (Å²) in [5.74, 6) is 1.31. The molecule has 1 amide bonds. The summed E-state index contributed by atoms with van der Waals surface area (Å²) in [6.45, 7) is 0. The van der Waals surface area contributed by atoms with E-state index in [1.165, 1.54) is 25.7 Å². The molecule has 0 spiro atoms. The number of para-hydroxylation sites is 1. The van der Waals surface area contributed by atoms with Crippen molar-refractivity contribution in [3.8, 4) is 11.5 Å². The molecule has 1 heterocycles. The number of carbonyl (C=O) groups excluding carboxylic acids is 1. The number of carbonyl (C=O) groups is 1. The van der Waals surface area contributed by atoms with Crippen LogP contribution < -0.4 is 15.4 Å². The Kier molecular flexibility index (Phi) is 5.52. The van der Waals surface area contributed by atoms with Gasteiger partial charge in [-0.2, -0.15) is 0 Å². The third-order valence-electron chi connectivity index (χ3n) is 4.82. The molecule has 3 aromatic rings. The molecule has 2 aromatic carbocycles. The molecule has 0 saturated heterocycles. The molecule has 2 N–H and O–H groups in total. The summed E-state index contributed by atoms with van der Waals surface area (Å²) in [5.41, 5.74) is 2.14. The van der Waals surface area contributed by atoms with Crippen molar-refractivity contribution < 1.29 is 9.53 Å². The van der Waals surface area contributed by atoms with Gasteiger partial charge in [-0.1, -0.05) is 31.0 Å². The van der Waals surface area contributed by atoms with Crippen LogP contribution in [0.3, 0.4) is 0 Å². The molecule has 0 unspecified atom stereocenters. The Morgan fingerprint density at radius 3 is 2.36 bits per heavy atom. The van der Waals surface area contributed by atoms with Gasteiger partial charge in [-0.3, -0.25) is 9.78 Å². The number of anilines is 2. The van der Waals surface area contributed by atoms with Crippen LogP contribution in [-0.4, -0.2) is 16.9 Å². The van der Waals surface area contributed by atoms with E-state index < -0.39 is 0 Å². The Labute approximate surface area is 164 Å². The van der Waals surface area contributed by atoms with Gasteiger partial charge in [0.15, 0.2) is 0 Å². The van der Waals surface area contributed by atoms with E-state index in [-0.39, 0.29) is 5.91 Å². The average molecular weight is 373 g/mol. The van der Waals surface area contributed by atoms with Gasteiger partial charge in [-0.05, 0) is 55.3 Å². The molecule has 5 heteroatoms. The van der Waals surface area contributed by atoms with Crippen molar-refractivity contribution in [1.82, 2.24) is 4.98 Å². The number of amides is 1. The van der Waals surface area contributed by atoms with Crippen LogP contribution in [0.25, 0.3) is 0 Å². The predicted molar refractivity (Wildman–Crippen MR) is 111 cm³/mol. The number of ether oxygens (including phenoxy) is 1. The van der Waals surface area contributed by atoms with Crippen molar-refractivity contribution in [3.05, 3.63) is 78.6 Å². The van der Waals surface area contributed by atoms with E-state index >= 15 is 0 Å². The van der Waals surface area contributed by atoms with Gasteiger partial charge in [0.2, 0.25) is 0 Å². The SMILES string of the molecule is O=C(Nc1ccc(Oc2ccccc2)cc1)c1cncc(NC2CCCC2)c1. The molecule has 28 heavy (non-hydrogen) atoms. The average Bonchev–Trinajstić information content (AvgIpc) is 3.23. The molecule has 142 valence electrons. The summed E-state index contributed by atoms with van der Waals surface area (Å²) < 4.78 is 5.77. The van der Waals surface area contributed by atoms with E-state index in [2.05, 4.69) is 15.6 Å². The first-order valence-electron chi connectivity index (χ1n) is 9.62. The highest BCUT2D eigenvalue weighted by Gasteiger charge is 2.15. The monoisotopic (exact) mass is 373 g/mol. The van der Waals surface area contributed by atoms with Crippen LogP contribution in [0.4, 0.5) is 11.4 Å². The maximum Gasteiger partial charge on any atom is 0.257 e. The molecule has 0 bridgehead atoms. The third-order valence-corrected chi connectivity index (χ3v) is 4.82. The zero-order valence-corrected chi connectivity index (χ0v) is 15.6. The highest BCUT2D eigenvalue weighted by atomic mass is 16.5. The van der Waals surface area contributed by atoms with Gasteiger partial charge in [0.05, 0.1) is 11.3 Å². The molecule has 5 nitrogen and oxygen atoms in total. The lowest BCUT2D eigenvalue weighted by Gasteiger charge is -2.14. The van der Waals surface area contributed by atoms with Gasteiger partial charge in [0.25, 0.3) is 5.91 Å². The third kappa shape index (κ3) is 4.68. The zero-order chi connectivity index (χ0) is 19.2. The van der Waals surface area contributed by atoms with Crippen molar-refractivity contribution in [3.63, 3.8) is 0 Å². The summed E-state index contributed by atoms with van der Waals surface area (Å²) >= 11 is 0. The fourth-order valence-electron chi connectivity index (χ4n) is 3.38. The second-order valence-corrected chi connectivity index (χ2v) is 6.98. The van der Waals surface area contributed by atoms with E-state index in [4.69, 9.17) is 4.74 Å². The van der Waals surface area contributed by atoms with Crippen LogP contribution in [0.1, 0.15) is 36.0 Å². The first-order valence-corrected chi connectivity index (χ1v) is 9.62. The Hall–Kier alpha value is -3.34. The van der Waals surface area contributed by atoms with Crippen LogP contribution in [-0.2, 0) is 0 Å². The zero-order valence-electron chi connectivity index (χ0n) is 15.6. The first-order chi connectivity index (χ1) is 13.8. The highest BCUT2D eigenvalue weighted by Crippen LogP contribution is 2.24.